The smallest absolute Gasteiger partial charge is 0.254 e. The number of hydrogen-bond donors (Lipinski definition) is 0. The SMILES string of the molecule is CCCN(CC(=O)N(Cc1cccn1Cc1cccc(OC)c1)C(C)CC)C(=O)c1ccc(OC)cc1. The summed E-state index contributed by atoms with van der Waals surface area (Å²) >= 11 is 0. The summed E-state index contributed by atoms with van der Waals surface area (Å²) in [4.78, 5) is 30.4. The van der Waals surface area contributed by atoms with Crippen LogP contribution in [0.15, 0.2) is 66.9 Å². The van der Waals surface area contributed by atoms with Crippen molar-refractivity contribution < 1.29 is 19.1 Å². The highest BCUT2D eigenvalue weighted by Gasteiger charge is 2.25. The maximum atomic E-state index is 13.6. The molecule has 0 aliphatic carbocycles. The van der Waals surface area contributed by atoms with Crippen molar-refractivity contribution in [1.82, 2.24) is 14.4 Å². The van der Waals surface area contributed by atoms with E-state index < -0.39 is 0 Å². The minimum Gasteiger partial charge on any atom is -0.497 e. The molecule has 2 amide bonds. The Morgan fingerprint density at radius 3 is 2.32 bits per heavy atom. The molecule has 0 radical (unpaired) electrons. The molecule has 0 bridgehead atoms. The monoisotopic (exact) mass is 505 g/mol. The van der Waals surface area contributed by atoms with Gasteiger partial charge in [-0.25, -0.2) is 0 Å². The average Bonchev–Trinajstić information content (AvgIpc) is 3.36. The highest BCUT2D eigenvalue weighted by atomic mass is 16.5. The van der Waals surface area contributed by atoms with Gasteiger partial charge in [0.2, 0.25) is 5.91 Å². The fourth-order valence-electron chi connectivity index (χ4n) is 4.29. The van der Waals surface area contributed by atoms with Gasteiger partial charge in [-0.1, -0.05) is 26.0 Å². The molecule has 0 spiro atoms. The number of amides is 2. The lowest BCUT2D eigenvalue weighted by atomic mass is 10.1. The van der Waals surface area contributed by atoms with Gasteiger partial charge < -0.3 is 23.8 Å². The molecule has 1 aromatic heterocycles. The molecule has 1 unspecified atom stereocenters. The molecule has 2 aromatic carbocycles. The molecule has 0 aliphatic heterocycles. The van der Waals surface area contributed by atoms with Crippen molar-refractivity contribution >= 4 is 11.8 Å². The van der Waals surface area contributed by atoms with E-state index >= 15 is 0 Å². The Labute approximate surface area is 220 Å². The molecule has 3 aromatic rings. The lowest BCUT2D eigenvalue weighted by molar-refractivity contribution is -0.134. The van der Waals surface area contributed by atoms with E-state index in [4.69, 9.17) is 9.47 Å². The van der Waals surface area contributed by atoms with Gasteiger partial charge in [0, 0.05) is 36.6 Å². The molecule has 198 valence electrons. The third-order valence-electron chi connectivity index (χ3n) is 6.63. The van der Waals surface area contributed by atoms with Crippen molar-refractivity contribution in [1.29, 1.82) is 0 Å². The van der Waals surface area contributed by atoms with Crippen molar-refractivity contribution in [2.24, 2.45) is 0 Å². The number of carbonyl (C=O) groups is 2. The molecule has 7 heteroatoms. The van der Waals surface area contributed by atoms with E-state index in [1.54, 1.807) is 43.4 Å². The lowest BCUT2D eigenvalue weighted by Crippen LogP contribution is -2.46. The van der Waals surface area contributed by atoms with Gasteiger partial charge in [-0.3, -0.25) is 9.59 Å². The summed E-state index contributed by atoms with van der Waals surface area (Å²) in [7, 11) is 3.26. The number of methoxy groups -OCH3 is 2. The highest BCUT2D eigenvalue weighted by Crippen LogP contribution is 2.18. The molecule has 0 N–H and O–H groups in total. The van der Waals surface area contributed by atoms with Crippen LogP contribution in [-0.2, 0) is 17.9 Å². The van der Waals surface area contributed by atoms with Gasteiger partial charge in [0.1, 0.15) is 18.0 Å². The van der Waals surface area contributed by atoms with Crippen LogP contribution in [0.25, 0.3) is 0 Å². The number of benzene rings is 2. The summed E-state index contributed by atoms with van der Waals surface area (Å²) < 4.78 is 12.7. The van der Waals surface area contributed by atoms with Gasteiger partial charge in [0.15, 0.2) is 0 Å². The summed E-state index contributed by atoms with van der Waals surface area (Å²) in [6, 6.07) is 19.1. The molecular weight excluding hydrogens is 466 g/mol. The highest BCUT2D eigenvalue weighted by molar-refractivity contribution is 5.96. The number of aromatic nitrogens is 1. The summed E-state index contributed by atoms with van der Waals surface area (Å²) in [6.45, 7) is 7.85. The largest absolute Gasteiger partial charge is 0.497 e. The first-order valence-electron chi connectivity index (χ1n) is 12.9. The van der Waals surface area contributed by atoms with Crippen LogP contribution in [0, 0.1) is 0 Å². The van der Waals surface area contributed by atoms with Gasteiger partial charge in [-0.2, -0.15) is 0 Å². The van der Waals surface area contributed by atoms with Crippen LogP contribution in [0.1, 0.15) is 55.2 Å². The maximum Gasteiger partial charge on any atom is 0.254 e. The molecule has 0 saturated carbocycles. The van der Waals surface area contributed by atoms with Gasteiger partial charge >= 0.3 is 0 Å². The van der Waals surface area contributed by atoms with Gasteiger partial charge in [-0.15, -0.1) is 0 Å². The predicted molar refractivity (Wildman–Crippen MR) is 146 cm³/mol. The second kappa shape index (κ2) is 13.5. The number of rotatable bonds is 13. The van der Waals surface area contributed by atoms with Gasteiger partial charge in [0.05, 0.1) is 20.8 Å². The third-order valence-corrected chi connectivity index (χ3v) is 6.63. The average molecular weight is 506 g/mol. The number of carbonyl (C=O) groups excluding carboxylic acids is 2. The van der Waals surface area contributed by atoms with E-state index in [2.05, 4.69) is 30.5 Å². The zero-order valence-electron chi connectivity index (χ0n) is 22.6. The van der Waals surface area contributed by atoms with E-state index in [0.717, 1.165) is 29.8 Å². The van der Waals surface area contributed by atoms with Crippen LogP contribution in [0.2, 0.25) is 0 Å². The summed E-state index contributed by atoms with van der Waals surface area (Å²) in [5, 5.41) is 0. The molecule has 0 saturated heterocycles. The van der Waals surface area contributed by atoms with Crippen molar-refractivity contribution in [3.63, 3.8) is 0 Å². The van der Waals surface area contributed by atoms with Gasteiger partial charge in [0.25, 0.3) is 5.91 Å². The van der Waals surface area contributed by atoms with E-state index in [1.807, 2.05) is 42.3 Å². The molecule has 7 nitrogen and oxygen atoms in total. The number of nitrogens with zero attached hydrogens (tertiary/aromatic N) is 3. The third kappa shape index (κ3) is 7.38. The Bertz CT molecular complexity index is 1160. The van der Waals surface area contributed by atoms with E-state index in [1.165, 1.54) is 0 Å². The zero-order chi connectivity index (χ0) is 26.8. The van der Waals surface area contributed by atoms with Crippen LogP contribution < -0.4 is 9.47 Å². The minimum absolute atomic E-state index is 0.0345. The van der Waals surface area contributed by atoms with Gasteiger partial charge in [-0.05, 0) is 73.9 Å². The van der Waals surface area contributed by atoms with Crippen molar-refractivity contribution in [3.8, 4) is 11.5 Å². The standard InChI is InChI=1S/C30H39N3O4/c1-6-17-32(30(35)25-13-15-27(36-4)16-14-25)22-29(34)33(23(3)7-2)21-26-11-9-18-31(26)20-24-10-8-12-28(19-24)37-5/h8-16,18-19,23H,6-7,17,20-22H2,1-5H3. The minimum atomic E-state index is -0.150. The first-order chi connectivity index (χ1) is 17.9. The fourth-order valence-corrected chi connectivity index (χ4v) is 4.29. The van der Waals surface area contributed by atoms with Crippen molar-refractivity contribution in [3.05, 3.63) is 83.7 Å². The first kappa shape index (κ1) is 27.8. The molecule has 3 rings (SSSR count). The fraction of sp³-hybridized carbons (Fsp3) is 0.400. The Balaban J connectivity index is 1.77. The topological polar surface area (TPSA) is 64.0 Å². The molecule has 0 fully saturated rings. The molecule has 1 heterocycles. The van der Waals surface area contributed by atoms with E-state index in [-0.39, 0.29) is 24.4 Å². The second-order valence-corrected chi connectivity index (χ2v) is 9.21. The Kier molecular flexibility index (Phi) is 10.2. The normalized spacial score (nSPS) is 11.6. The Morgan fingerprint density at radius 1 is 0.946 bits per heavy atom. The second-order valence-electron chi connectivity index (χ2n) is 9.21. The van der Waals surface area contributed by atoms with Crippen LogP contribution in [-0.4, -0.2) is 59.5 Å². The zero-order valence-corrected chi connectivity index (χ0v) is 22.6. The molecular formula is C30H39N3O4. The van der Waals surface area contributed by atoms with Crippen molar-refractivity contribution in [2.45, 2.75) is 52.7 Å². The lowest BCUT2D eigenvalue weighted by Gasteiger charge is -2.32. The quantitative estimate of drug-likeness (QED) is 0.319. The van der Waals surface area contributed by atoms with E-state index in [9.17, 15) is 9.59 Å². The van der Waals surface area contributed by atoms with Crippen LogP contribution in [0.5, 0.6) is 11.5 Å². The Hall–Kier alpha value is -3.74. The molecule has 1 atom stereocenters. The number of hydrogen-bond acceptors (Lipinski definition) is 4. The summed E-state index contributed by atoms with van der Waals surface area (Å²) in [5.74, 6) is 1.30. The van der Waals surface area contributed by atoms with Crippen molar-refractivity contribution in [2.75, 3.05) is 27.3 Å². The summed E-state index contributed by atoms with van der Waals surface area (Å²) in [6.07, 6.45) is 3.62. The summed E-state index contributed by atoms with van der Waals surface area (Å²) in [5.41, 5.74) is 2.71. The van der Waals surface area contributed by atoms with Crippen LogP contribution >= 0.6 is 0 Å². The molecule has 37 heavy (non-hydrogen) atoms. The molecule has 0 aliphatic rings. The maximum absolute atomic E-state index is 13.6. The first-order valence-corrected chi connectivity index (χ1v) is 12.9. The Morgan fingerprint density at radius 2 is 1.68 bits per heavy atom. The van der Waals surface area contributed by atoms with Crippen LogP contribution in [0.3, 0.4) is 0 Å². The van der Waals surface area contributed by atoms with Crippen LogP contribution in [0.4, 0.5) is 0 Å². The number of ether oxygens (including phenoxy) is 2. The predicted octanol–water partition coefficient (Wildman–Crippen LogP) is 5.23. The van der Waals surface area contributed by atoms with E-state index in [0.29, 0.717) is 30.9 Å².